The molecule has 0 unspecified atom stereocenters. The molecule has 2 rings (SSSR count). The number of piperidine rings is 1. The maximum Gasteiger partial charge on any atom is 0.409 e. The average molecular weight is 347 g/mol. The number of para-hydroxylation sites is 1. The lowest BCUT2D eigenvalue weighted by Crippen LogP contribution is -2.43. The highest BCUT2D eigenvalue weighted by Gasteiger charge is 2.27. The van der Waals surface area contributed by atoms with Crippen molar-refractivity contribution in [3.63, 3.8) is 0 Å². The van der Waals surface area contributed by atoms with E-state index in [0.717, 1.165) is 13.0 Å². The van der Waals surface area contributed by atoms with Crippen molar-refractivity contribution in [2.45, 2.75) is 26.2 Å². The lowest BCUT2D eigenvalue weighted by Gasteiger charge is -2.30. The van der Waals surface area contributed by atoms with Gasteiger partial charge in [-0.3, -0.25) is 4.79 Å². The molecule has 1 aromatic rings. The third kappa shape index (κ3) is 5.96. The zero-order valence-corrected chi connectivity index (χ0v) is 15.2. The molecule has 2 amide bonds. The first kappa shape index (κ1) is 19.1. The van der Waals surface area contributed by atoms with E-state index in [1.807, 2.05) is 18.2 Å². The van der Waals surface area contributed by atoms with Crippen molar-refractivity contribution in [1.29, 1.82) is 0 Å². The standard InChI is InChI=1S/C19H29N3O3/c1-3-25-19(24)22-14-10-16(11-15-22)18(23)20-12-7-13-21(2)17-8-5-4-6-9-17/h4-6,8-9,16H,3,7,10-15H2,1-2H3,(H,20,23). The van der Waals surface area contributed by atoms with Crippen LogP contribution in [0.1, 0.15) is 26.2 Å². The van der Waals surface area contributed by atoms with Crippen molar-refractivity contribution in [2.24, 2.45) is 5.92 Å². The van der Waals surface area contributed by atoms with E-state index in [4.69, 9.17) is 4.74 Å². The van der Waals surface area contributed by atoms with Gasteiger partial charge in [-0.25, -0.2) is 4.79 Å². The van der Waals surface area contributed by atoms with E-state index in [1.165, 1.54) is 5.69 Å². The largest absolute Gasteiger partial charge is 0.450 e. The molecule has 138 valence electrons. The number of nitrogens with one attached hydrogen (secondary N) is 1. The Morgan fingerprint density at radius 1 is 1.24 bits per heavy atom. The third-order valence-electron chi connectivity index (χ3n) is 4.56. The van der Waals surface area contributed by atoms with Crippen LogP contribution in [0.15, 0.2) is 30.3 Å². The number of ether oxygens (including phenoxy) is 1. The van der Waals surface area contributed by atoms with Crippen molar-refractivity contribution in [2.75, 3.05) is 44.7 Å². The minimum atomic E-state index is -0.273. The van der Waals surface area contributed by atoms with Gasteiger partial charge in [-0.05, 0) is 38.3 Å². The predicted octanol–water partition coefficient (Wildman–Crippen LogP) is 2.50. The Morgan fingerprint density at radius 3 is 2.56 bits per heavy atom. The summed E-state index contributed by atoms with van der Waals surface area (Å²) in [7, 11) is 2.06. The van der Waals surface area contributed by atoms with Crippen LogP contribution in [0.2, 0.25) is 0 Å². The van der Waals surface area contributed by atoms with E-state index in [-0.39, 0.29) is 17.9 Å². The molecule has 1 fully saturated rings. The number of benzene rings is 1. The van der Waals surface area contributed by atoms with Crippen LogP contribution >= 0.6 is 0 Å². The molecule has 1 N–H and O–H groups in total. The zero-order chi connectivity index (χ0) is 18.1. The summed E-state index contributed by atoms with van der Waals surface area (Å²) in [6.45, 7) is 4.94. The van der Waals surface area contributed by atoms with Gasteiger partial charge in [0.25, 0.3) is 0 Å². The van der Waals surface area contributed by atoms with Crippen molar-refractivity contribution >= 4 is 17.7 Å². The molecule has 0 aromatic heterocycles. The van der Waals surface area contributed by atoms with Crippen LogP contribution in [0.3, 0.4) is 0 Å². The minimum absolute atomic E-state index is 0.00229. The number of anilines is 1. The Balaban J connectivity index is 1.62. The average Bonchev–Trinajstić information content (AvgIpc) is 2.66. The second kappa shape index (κ2) is 9.91. The van der Waals surface area contributed by atoms with Crippen LogP contribution in [-0.2, 0) is 9.53 Å². The second-order valence-electron chi connectivity index (χ2n) is 6.36. The van der Waals surface area contributed by atoms with Gasteiger partial charge in [0, 0.05) is 44.8 Å². The summed E-state index contributed by atoms with van der Waals surface area (Å²) < 4.78 is 5.00. The summed E-state index contributed by atoms with van der Waals surface area (Å²) >= 11 is 0. The van der Waals surface area contributed by atoms with Crippen LogP contribution in [0.4, 0.5) is 10.5 Å². The number of carbonyl (C=O) groups is 2. The molecule has 1 aromatic carbocycles. The number of likely N-dealkylation sites (tertiary alicyclic amines) is 1. The molecule has 0 bridgehead atoms. The smallest absolute Gasteiger partial charge is 0.409 e. The summed E-state index contributed by atoms with van der Waals surface area (Å²) in [5.74, 6) is 0.100. The van der Waals surface area contributed by atoms with Gasteiger partial charge >= 0.3 is 6.09 Å². The van der Waals surface area contributed by atoms with Crippen LogP contribution in [-0.4, -0.2) is 56.7 Å². The highest BCUT2D eigenvalue weighted by atomic mass is 16.6. The van der Waals surface area contributed by atoms with Crippen LogP contribution in [0.5, 0.6) is 0 Å². The van der Waals surface area contributed by atoms with Gasteiger partial charge in [0.05, 0.1) is 6.61 Å². The molecule has 0 spiro atoms. The zero-order valence-electron chi connectivity index (χ0n) is 15.2. The van der Waals surface area contributed by atoms with Crippen LogP contribution in [0, 0.1) is 5.92 Å². The molecular weight excluding hydrogens is 318 g/mol. The number of carbonyl (C=O) groups excluding carboxylic acids is 2. The van der Waals surface area contributed by atoms with E-state index in [9.17, 15) is 9.59 Å². The number of nitrogens with zero attached hydrogens (tertiary/aromatic N) is 2. The fourth-order valence-electron chi connectivity index (χ4n) is 3.02. The van der Waals surface area contributed by atoms with E-state index in [1.54, 1.807) is 11.8 Å². The lowest BCUT2D eigenvalue weighted by molar-refractivity contribution is -0.126. The quantitative estimate of drug-likeness (QED) is 0.770. The Morgan fingerprint density at radius 2 is 1.92 bits per heavy atom. The Bertz CT molecular complexity index is 542. The minimum Gasteiger partial charge on any atom is -0.450 e. The maximum atomic E-state index is 12.3. The van der Waals surface area contributed by atoms with Crippen LogP contribution in [0.25, 0.3) is 0 Å². The number of rotatable bonds is 7. The van der Waals surface area contributed by atoms with Gasteiger partial charge < -0.3 is 19.9 Å². The fourth-order valence-corrected chi connectivity index (χ4v) is 3.02. The lowest BCUT2D eigenvalue weighted by atomic mass is 9.96. The molecule has 0 radical (unpaired) electrons. The fraction of sp³-hybridized carbons (Fsp3) is 0.579. The number of hydrogen-bond acceptors (Lipinski definition) is 4. The highest BCUT2D eigenvalue weighted by molar-refractivity contribution is 5.79. The predicted molar refractivity (Wildman–Crippen MR) is 98.7 cm³/mol. The Hall–Kier alpha value is -2.24. The van der Waals surface area contributed by atoms with E-state index in [0.29, 0.717) is 39.1 Å². The molecule has 1 aliphatic rings. The third-order valence-corrected chi connectivity index (χ3v) is 4.56. The first-order chi connectivity index (χ1) is 12.1. The molecule has 1 aliphatic heterocycles. The molecule has 0 atom stereocenters. The molecular formula is C19H29N3O3. The van der Waals surface area contributed by atoms with Gasteiger partial charge in [-0.15, -0.1) is 0 Å². The van der Waals surface area contributed by atoms with Gasteiger partial charge in [0.15, 0.2) is 0 Å². The van der Waals surface area contributed by atoms with E-state index >= 15 is 0 Å². The normalized spacial score (nSPS) is 14.9. The van der Waals surface area contributed by atoms with Gasteiger partial charge in [0.2, 0.25) is 5.91 Å². The van der Waals surface area contributed by atoms with Crippen molar-refractivity contribution in [3.05, 3.63) is 30.3 Å². The van der Waals surface area contributed by atoms with Gasteiger partial charge in [-0.2, -0.15) is 0 Å². The molecule has 6 heteroatoms. The number of amides is 2. The summed E-state index contributed by atoms with van der Waals surface area (Å²) in [5, 5.41) is 3.03. The molecule has 0 aliphatic carbocycles. The topological polar surface area (TPSA) is 61.9 Å². The van der Waals surface area contributed by atoms with Crippen molar-refractivity contribution in [1.82, 2.24) is 10.2 Å². The number of hydrogen-bond donors (Lipinski definition) is 1. The monoisotopic (exact) mass is 347 g/mol. The first-order valence-electron chi connectivity index (χ1n) is 9.07. The Kier molecular flexibility index (Phi) is 7.57. The molecule has 1 heterocycles. The van der Waals surface area contributed by atoms with Crippen LogP contribution < -0.4 is 10.2 Å². The molecule has 6 nitrogen and oxygen atoms in total. The summed E-state index contributed by atoms with van der Waals surface area (Å²) in [4.78, 5) is 27.8. The second-order valence-corrected chi connectivity index (χ2v) is 6.36. The molecule has 1 saturated heterocycles. The van der Waals surface area contributed by atoms with E-state index in [2.05, 4.69) is 29.4 Å². The highest BCUT2D eigenvalue weighted by Crippen LogP contribution is 2.18. The molecule has 0 saturated carbocycles. The summed E-state index contributed by atoms with van der Waals surface area (Å²) in [6.07, 6.45) is 2.03. The Labute approximate surface area is 150 Å². The summed E-state index contributed by atoms with van der Waals surface area (Å²) in [5.41, 5.74) is 1.18. The molecule has 25 heavy (non-hydrogen) atoms. The first-order valence-corrected chi connectivity index (χ1v) is 9.07. The van der Waals surface area contributed by atoms with Gasteiger partial charge in [0.1, 0.15) is 0 Å². The van der Waals surface area contributed by atoms with Crippen molar-refractivity contribution in [3.8, 4) is 0 Å². The van der Waals surface area contributed by atoms with E-state index < -0.39 is 0 Å². The SMILES string of the molecule is CCOC(=O)N1CCC(C(=O)NCCCN(C)c2ccccc2)CC1. The van der Waals surface area contributed by atoms with Gasteiger partial charge in [-0.1, -0.05) is 18.2 Å². The van der Waals surface area contributed by atoms with Crippen molar-refractivity contribution < 1.29 is 14.3 Å². The maximum absolute atomic E-state index is 12.3. The summed E-state index contributed by atoms with van der Waals surface area (Å²) in [6, 6.07) is 10.2.